The zero-order chi connectivity index (χ0) is 27.6. The molecule has 1 atom stereocenters. The summed E-state index contributed by atoms with van der Waals surface area (Å²) in [4.78, 5) is 28.9. The minimum Gasteiger partial charge on any atom is -0.490 e. The number of imidazole rings is 1. The third kappa shape index (κ3) is 8.22. The first kappa shape index (κ1) is 28.5. The number of ether oxygens (including phenoxy) is 1. The van der Waals surface area contributed by atoms with Crippen LogP contribution in [0.15, 0.2) is 42.5 Å². The van der Waals surface area contributed by atoms with Crippen molar-refractivity contribution in [3.63, 3.8) is 0 Å². The number of amides is 2. The number of urea groups is 1. The molecule has 1 saturated carbocycles. The maximum Gasteiger partial charge on any atom is 0.334 e. The number of carbonyl (C=O) groups is 2. The van der Waals surface area contributed by atoms with Gasteiger partial charge in [0.25, 0.3) is 0 Å². The first-order chi connectivity index (χ1) is 18.9. The van der Waals surface area contributed by atoms with Gasteiger partial charge in [-0.25, -0.2) is 19.9 Å². The summed E-state index contributed by atoms with van der Waals surface area (Å²) in [6, 6.07) is 14.1. The summed E-state index contributed by atoms with van der Waals surface area (Å²) in [5.74, 6) is 0.700. The van der Waals surface area contributed by atoms with Gasteiger partial charge in [0.2, 0.25) is 0 Å². The molecule has 1 aliphatic rings. The minimum atomic E-state index is -0.849. The van der Waals surface area contributed by atoms with Gasteiger partial charge >= 0.3 is 12.0 Å². The van der Waals surface area contributed by atoms with E-state index >= 15 is 0 Å². The minimum absolute atomic E-state index is 0.00372. The fourth-order valence-electron chi connectivity index (χ4n) is 5.31. The summed E-state index contributed by atoms with van der Waals surface area (Å²) in [5.41, 5.74) is 7.07. The Labute approximate surface area is 231 Å². The molecule has 1 aliphatic carbocycles. The van der Waals surface area contributed by atoms with Crippen LogP contribution in [0.1, 0.15) is 95.0 Å². The summed E-state index contributed by atoms with van der Waals surface area (Å²) in [5, 5.41) is 12.3. The summed E-state index contributed by atoms with van der Waals surface area (Å²) < 4.78 is 7.79. The van der Waals surface area contributed by atoms with Crippen LogP contribution in [0.3, 0.4) is 0 Å². The third-order valence-electron chi connectivity index (χ3n) is 7.34. The first-order valence-electron chi connectivity index (χ1n) is 14.5. The van der Waals surface area contributed by atoms with E-state index in [1.54, 1.807) is 0 Å². The number of carbonyl (C=O) groups excluding carboxylic acids is 1. The van der Waals surface area contributed by atoms with Crippen LogP contribution in [0.5, 0.6) is 5.75 Å². The largest absolute Gasteiger partial charge is 0.490 e. The number of carboxylic acids is 1. The number of nitrogens with zero attached hydrogens (tertiary/aromatic N) is 2. The van der Waals surface area contributed by atoms with Crippen molar-refractivity contribution < 1.29 is 19.4 Å². The molecule has 8 heteroatoms. The van der Waals surface area contributed by atoms with Gasteiger partial charge in [-0.1, -0.05) is 64.2 Å². The van der Waals surface area contributed by atoms with Crippen molar-refractivity contribution in [2.75, 3.05) is 5.43 Å². The highest BCUT2D eigenvalue weighted by Crippen LogP contribution is 2.23. The SMILES string of the molecule is CCCCc1nc2ccc(Cc3ccc(OC(CCC)CC(=O)O)cc3)cc2n1NC(=O)NC1CCCCC1. The second-order valence-corrected chi connectivity index (χ2v) is 10.7. The number of aryl methyl sites for hydroxylation is 1. The molecule has 1 fully saturated rings. The highest BCUT2D eigenvalue weighted by molar-refractivity contribution is 5.86. The van der Waals surface area contributed by atoms with Crippen LogP contribution in [0.25, 0.3) is 11.0 Å². The lowest BCUT2D eigenvalue weighted by Gasteiger charge is -2.23. The Kier molecular flexibility index (Phi) is 10.2. The highest BCUT2D eigenvalue weighted by Gasteiger charge is 2.18. The fraction of sp³-hybridized carbons (Fsp3) is 0.516. The third-order valence-corrected chi connectivity index (χ3v) is 7.34. The van der Waals surface area contributed by atoms with E-state index in [2.05, 4.69) is 29.8 Å². The fourth-order valence-corrected chi connectivity index (χ4v) is 5.31. The molecule has 0 bridgehead atoms. The van der Waals surface area contributed by atoms with E-state index in [9.17, 15) is 9.59 Å². The molecule has 1 aromatic heterocycles. The van der Waals surface area contributed by atoms with Gasteiger partial charge in [-0.3, -0.25) is 4.79 Å². The molecule has 0 radical (unpaired) electrons. The van der Waals surface area contributed by atoms with Crippen molar-refractivity contribution in [2.45, 2.75) is 103 Å². The van der Waals surface area contributed by atoms with Crippen molar-refractivity contribution in [3.8, 4) is 5.75 Å². The maximum absolute atomic E-state index is 12.9. The molecular formula is C31H42N4O4. The summed E-state index contributed by atoms with van der Waals surface area (Å²) in [7, 11) is 0. The van der Waals surface area contributed by atoms with Crippen LogP contribution < -0.4 is 15.5 Å². The van der Waals surface area contributed by atoms with Crippen molar-refractivity contribution in [1.29, 1.82) is 0 Å². The predicted molar refractivity (Wildman–Crippen MR) is 154 cm³/mol. The van der Waals surface area contributed by atoms with Gasteiger partial charge in [-0.15, -0.1) is 0 Å². The zero-order valence-electron chi connectivity index (χ0n) is 23.2. The number of aliphatic carboxylic acids is 1. The molecule has 0 spiro atoms. The van der Waals surface area contributed by atoms with Gasteiger partial charge in [0.15, 0.2) is 0 Å². The number of hydrogen-bond acceptors (Lipinski definition) is 4. The average molecular weight is 535 g/mol. The Balaban J connectivity index is 1.48. The molecule has 2 amide bonds. The average Bonchev–Trinajstić information content (AvgIpc) is 3.25. The Bertz CT molecular complexity index is 1230. The number of benzene rings is 2. The van der Waals surface area contributed by atoms with Gasteiger partial charge in [0, 0.05) is 12.5 Å². The first-order valence-corrected chi connectivity index (χ1v) is 14.5. The van der Waals surface area contributed by atoms with Gasteiger partial charge < -0.3 is 15.2 Å². The van der Waals surface area contributed by atoms with E-state index in [1.807, 2.05) is 41.9 Å². The molecule has 8 nitrogen and oxygen atoms in total. The van der Waals surface area contributed by atoms with Crippen LogP contribution in [0.2, 0.25) is 0 Å². The standard InChI is InChI=1S/C31H42N4O4/c1-3-5-12-29-33-27-18-15-23(20-28(27)35(29)34-31(38)32-24-10-7-6-8-11-24)19-22-13-16-25(17-14-22)39-26(9-4-2)21-30(36)37/h13-18,20,24,26H,3-12,19,21H2,1-2H3,(H,36,37)(H2,32,34,38). The zero-order valence-corrected chi connectivity index (χ0v) is 23.2. The summed E-state index contributed by atoms with van der Waals surface area (Å²) in [6.45, 7) is 4.18. The number of hydrogen-bond donors (Lipinski definition) is 3. The number of carboxylic acid groups (broad SMARTS) is 1. The topological polar surface area (TPSA) is 105 Å². The summed E-state index contributed by atoms with van der Waals surface area (Å²) in [6.07, 6.45) is 10.5. The second-order valence-electron chi connectivity index (χ2n) is 10.7. The number of fused-ring (bicyclic) bond motifs is 1. The Morgan fingerprint density at radius 2 is 1.79 bits per heavy atom. The molecule has 2 aromatic carbocycles. The molecule has 210 valence electrons. The number of rotatable bonds is 13. The second kappa shape index (κ2) is 14.0. The van der Waals surface area contributed by atoms with E-state index in [4.69, 9.17) is 14.8 Å². The maximum atomic E-state index is 12.9. The van der Waals surface area contributed by atoms with Gasteiger partial charge in [0.05, 0.1) is 17.5 Å². The Morgan fingerprint density at radius 1 is 1.05 bits per heavy atom. The van der Waals surface area contributed by atoms with Gasteiger partial charge in [-0.2, -0.15) is 0 Å². The van der Waals surface area contributed by atoms with Crippen molar-refractivity contribution in [3.05, 3.63) is 59.4 Å². The Hall–Kier alpha value is -3.55. The van der Waals surface area contributed by atoms with E-state index in [-0.39, 0.29) is 24.6 Å². The number of aromatic nitrogens is 2. The van der Waals surface area contributed by atoms with Crippen molar-refractivity contribution in [1.82, 2.24) is 15.0 Å². The molecule has 3 N–H and O–H groups in total. The normalized spacial score (nSPS) is 14.7. The molecule has 4 rings (SSSR count). The number of unbranched alkanes of at least 4 members (excludes halogenated alkanes) is 1. The van der Waals surface area contributed by atoms with E-state index in [1.165, 1.54) is 19.3 Å². The molecule has 0 aliphatic heterocycles. The van der Waals surface area contributed by atoms with Crippen LogP contribution >= 0.6 is 0 Å². The summed E-state index contributed by atoms with van der Waals surface area (Å²) >= 11 is 0. The van der Waals surface area contributed by atoms with Crippen LogP contribution in [-0.4, -0.2) is 38.9 Å². The monoisotopic (exact) mass is 534 g/mol. The van der Waals surface area contributed by atoms with E-state index < -0.39 is 5.97 Å². The molecule has 3 aromatic rings. The van der Waals surface area contributed by atoms with Gasteiger partial charge in [-0.05, 0) is 67.5 Å². The van der Waals surface area contributed by atoms with E-state index in [0.717, 1.165) is 66.5 Å². The van der Waals surface area contributed by atoms with Crippen LogP contribution in [-0.2, 0) is 17.6 Å². The smallest absolute Gasteiger partial charge is 0.334 e. The lowest BCUT2D eigenvalue weighted by molar-refractivity contribution is -0.138. The molecule has 0 saturated heterocycles. The Morgan fingerprint density at radius 3 is 2.49 bits per heavy atom. The molecule has 1 unspecified atom stereocenters. The highest BCUT2D eigenvalue weighted by atomic mass is 16.5. The van der Waals surface area contributed by atoms with E-state index in [0.29, 0.717) is 18.6 Å². The van der Waals surface area contributed by atoms with Gasteiger partial charge in [0.1, 0.15) is 17.7 Å². The lowest BCUT2D eigenvalue weighted by Crippen LogP contribution is -2.42. The van der Waals surface area contributed by atoms with Crippen LogP contribution in [0.4, 0.5) is 4.79 Å². The van der Waals surface area contributed by atoms with Crippen molar-refractivity contribution in [2.24, 2.45) is 0 Å². The number of nitrogens with one attached hydrogen (secondary N) is 2. The quantitative estimate of drug-likeness (QED) is 0.230. The lowest BCUT2D eigenvalue weighted by atomic mass is 9.96. The molecule has 1 heterocycles. The van der Waals surface area contributed by atoms with Crippen molar-refractivity contribution >= 4 is 23.0 Å². The molecule has 39 heavy (non-hydrogen) atoms. The predicted octanol–water partition coefficient (Wildman–Crippen LogP) is 6.58. The molecular weight excluding hydrogens is 492 g/mol. The van der Waals surface area contributed by atoms with Crippen LogP contribution in [0, 0.1) is 0 Å².